The number of hydrogen-bond acceptors (Lipinski definition) is 5. The van der Waals surface area contributed by atoms with Crippen molar-refractivity contribution in [3.8, 4) is 11.5 Å². The summed E-state index contributed by atoms with van der Waals surface area (Å²) in [6.07, 6.45) is 4.58. The van der Waals surface area contributed by atoms with Gasteiger partial charge < -0.3 is 15.1 Å². The normalized spacial score (nSPS) is 15.6. The Morgan fingerprint density at radius 2 is 1.80 bits per heavy atom. The predicted octanol–water partition coefficient (Wildman–Crippen LogP) is 2.23. The van der Waals surface area contributed by atoms with Crippen molar-refractivity contribution in [1.82, 2.24) is 10.2 Å². The molecule has 1 saturated heterocycles. The minimum atomic E-state index is 0.588. The molecule has 0 aliphatic carbocycles. The summed E-state index contributed by atoms with van der Waals surface area (Å²) in [6.45, 7) is 2.69. The van der Waals surface area contributed by atoms with Crippen LogP contribution in [-0.2, 0) is 6.42 Å². The molecule has 0 unspecified atom stereocenters. The maximum atomic E-state index is 5.79. The Morgan fingerprint density at radius 1 is 1.05 bits per heavy atom. The quantitative estimate of drug-likeness (QED) is 0.924. The van der Waals surface area contributed by atoms with Crippen molar-refractivity contribution in [3.63, 3.8) is 0 Å². The second-order valence-corrected chi connectivity index (χ2v) is 5.17. The summed E-state index contributed by atoms with van der Waals surface area (Å²) in [7, 11) is 0. The molecule has 0 spiro atoms. The SMILES string of the molecule is NCCc1ccc(-c2nnc(N3CCCCC3)o2)cc1. The van der Waals surface area contributed by atoms with E-state index < -0.39 is 0 Å². The van der Waals surface area contributed by atoms with Gasteiger partial charge in [0, 0.05) is 18.7 Å². The number of aromatic nitrogens is 2. The predicted molar refractivity (Wildman–Crippen MR) is 78.6 cm³/mol. The Hall–Kier alpha value is -1.88. The van der Waals surface area contributed by atoms with Gasteiger partial charge in [-0.1, -0.05) is 17.2 Å². The zero-order valence-corrected chi connectivity index (χ0v) is 11.6. The first-order valence-corrected chi connectivity index (χ1v) is 7.24. The molecule has 3 rings (SSSR count). The van der Waals surface area contributed by atoms with E-state index in [1.54, 1.807) is 0 Å². The number of anilines is 1. The molecule has 0 bridgehead atoms. The summed E-state index contributed by atoms with van der Waals surface area (Å²) >= 11 is 0. The van der Waals surface area contributed by atoms with Crippen molar-refractivity contribution in [2.75, 3.05) is 24.5 Å². The maximum absolute atomic E-state index is 5.79. The lowest BCUT2D eigenvalue weighted by molar-refractivity contribution is 0.498. The molecule has 20 heavy (non-hydrogen) atoms. The van der Waals surface area contributed by atoms with Crippen LogP contribution < -0.4 is 10.6 Å². The van der Waals surface area contributed by atoms with Crippen LogP contribution in [0.2, 0.25) is 0 Å². The zero-order chi connectivity index (χ0) is 13.8. The fourth-order valence-corrected chi connectivity index (χ4v) is 2.53. The highest BCUT2D eigenvalue weighted by Gasteiger charge is 2.17. The van der Waals surface area contributed by atoms with Gasteiger partial charge in [-0.3, -0.25) is 0 Å². The molecule has 1 aliphatic heterocycles. The fourth-order valence-electron chi connectivity index (χ4n) is 2.53. The molecular formula is C15H20N4O. The number of rotatable bonds is 4. The minimum absolute atomic E-state index is 0.588. The van der Waals surface area contributed by atoms with Crippen LogP contribution in [0.4, 0.5) is 6.01 Å². The molecule has 1 aliphatic rings. The van der Waals surface area contributed by atoms with Crippen molar-refractivity contribution in [2.24, 2.45) is 5.73 Å². The number of nitrogens with zero attached hydrogens (tertiary/aromatic N) is 3. The topological polar surface area (TPSA) is 68.2 Å². The first-order valence-electron chi connectivity index (χ1n) is 7.24. The Balaban J connectivity index is 1.75. The molecule has 106 valence electrons. The lowest BCUT2D eigenvalue weighted by Gasteiger charge is -2.24. The average molecular weight is 272 g/mol. The van der Waals surface area contributed by atoms with Gasteiger partial charge in [0.2, 0.25) is 5.89 Å². The molecular weight excluding hydrogens is 252 g/mol. The number of benzene rings is 1. The van der Waals surface area contributed by atoms with Crippen LogP contribution in [0.1, 0.15) is 24.8 Å². The molecule has 1 aromatic heterocycles. The van der Waals surface area contributed by atoms with Gasteiger partial charge >= 0.3 is 6.01 Å². The largest absolute Gasteiger partial charge is 0.403 e. The molecule has 5 nitrogen and oxygen atoms in total. The first-order chi connectivity index (χ1) is 9.86. The van der Waals surface area contributed by atoms with Crippen LogP contribution in [0.3, 0.4) is 0 Å². The van der Waals surface area contributed by atoms with Gasteiger partial charge in [-0.25, -0.2) is 0 Å². The lowest BCUT2D eigenvalue weighted by Crippen LogP contribution is -2.29. The summed E-state index contributed by atoms with van der Waals surface area (Å²) < 4.78 is 5.79. The summed E-state index contributed by atoms with van der Waals surface area (Å²) in [5.41, 5.74) is 7.74. The molecule has 0 radical (unpaired) electrons. The van der Waals surface area contributed by atoms with Crippen LogP contribution in [0.15, 0.2) is 28.7 Å². The molecule has 0 atom stereocenters. The fraction of sp³-hybridized carbons (Fsp3) is 0.467. The molecule has 5 heteroatoms. The molecule has 0 amide bonds. The van der Waals surface area contributed by atoms with E-state index in [1.807, 2.05) is 12.1 Å². The average Bonchev–Trinajstić information content (AvgIpc) is 2.99. The molecule has 2 N–H and O–H groups in total. The third-order valence-corrected chi connectivity index (χ3v) is 3.67. The van der Waals surface area contributed by atoms with Crippen LogP contribution in [-0.4, -0.2) is 29.8 Å². The highest BCUT2D eigenvalue weighted by molar-refractivity contribution is 5.54. The van der Waals surface area contributed by atoms with E-state index in [2.05, 4.69) is 27.2 Å². The summed E-state index contributed by atoms with van der Waals surface area (Å²) in [5.74, 6) is 0.588. The van der Waals surface area contributed by atoms with Crippen LogP contribution in [0, 0.1) is 0 Å². The first kappa shape index (κ1) is 13.1. The third-order valence-electron chi connectivity index (χ3n) is 3.67. The van der Waals surface area contributed by atoms with E-state index in [-0.39, 0.29) is 0 Å². The van der Waals surface area contributed by atoms with Gasteiger partial charge in [0.15, 0.2) is 0 Å². The maximum Gasteiger partial charge on any atom is 0.318 e. The van der Waals surface area contributed by atoms with Crippen molar-refractivity contribution in [3.05, 3.63) is 29.8 Å². The summed E-state index contributed by atoms with van der Waals surface area (Å²) in [6, 6.07) is 8.79. The van der Waals surface area contributed by atoms with Crippen molar-refractivity contribution in [2.45, 2.75) is 25.7 Å². The third kappa shape index (κ3) is 2.82. The van der Waals surface area contributed by atoms with Crippen LogP contribution >= 0.6 is 0 Å². The lowest BCUT2D eigenvalue weighted by atomic mass is 10.1. The van der Waals surface area contributed by atoms with E-state index in [4.69, 9.17) is 10.2 Å². The van der Waals surface area contributed by atoms with Gasteiger partial charge in [-0.05, 0) is 49.9 Å². The molecule has 2 heterocycles. The summed E-state index contributed by atoms with van der Waals surface area (Å²) in [5, 5.41) is 8.32. The summed E-state index contributed by atoms with van der Waals surface area (Å²) in [4.78, 5) is 2.17. The van der Waals surface area contributed by atoms with Crippen molar-refractivity contribution in [1.29, 1.82) is 0 Å². The van der Waals surface area contributed by atoms with Crippen molar-refractivity contribution >= 4 is 6.01 Å². The Bertz CT molecular complexity index is 543. The standard InChI is InChI=1S/C15H20N4O/c16-9-8-12-4-6-13(7-5-12)14-17-18-15(20-14)19-10-2-1-3-11-19/h4-7H,1-3,8-11,16H2. The molecule has 0 saturated carbocycles. The van der Waals surface area contributed by atoms with E-state index in [9.17, 15) is 0 Å². The zero-order valence-electron chi connectivity index (χ0n) is 11.6. The monoisotopic (exact) mass is 272 g/mol. The molecule has 1 aromatic carbocycles. The van der Waals surface area contributed by atoms with Crippen LogP contribution in [0.25, 0.3) is 11.5 Å². The number of piperidine rings is 1. The molecule has 2 aromatic rings. The minimum Gasteiger partial charge on any atom is -0.403 e. The molecule has 1 fully saturated rings. The van der Waals surface area contributed by atoms with E-state index in [0.29, 0.717) is 18.5 Å². The van der Waals surface area contributed by atoms with Gasteiger partial charge in [0.05, 0.1) is 0 Å². The Kier molecular flexibility index (Phi) is 3.97. The second-order valence-electron chi connectivity index (χ2n) is 5.17. The van der Waals surface area contributed by atoms with E-state index in [0.717, 1.165) is 25.1 Å². The van der Waals surface area contributed by atoms with Gasteiger partial charge in [0.1, 0.15) is 0 Å². The number of nitrogens with two attached hydrogens (primary N) is 1. The van der Waals surface area contributed by atoms with Gasteiger partial charge in [0.25, 0.3) is 0 Å². The van der Waals surface area contributed by atoms with Crippen LogP contribution in [0.5, 0.6) is 0 Å². The Labute approximate surface area is 118 Å². The Morgan fingerprint density at radius 3 is 2.50 bits per heavy atom. The van der Waals surface area contributed by atoms with Gasteiger partial charge in [-0.15, -0.1) is 5.10 Å². The van der Waals surface area contributed by atoms with E-state index in [1.165, 1.54) is 24.8 Å². The van der Waals surface area contributed by atoms with Crippen molar-refractivity contribution < 1.29 is 4.42 Å². The van der Waals surface area contributed by atoms with E-state index >= 15 is 0 Å². The highest BCUT2D eigenvalue weighted by atomic mass is 16.4. The number of hydrogen-bond donors (Lipinski definition) is 1. The van der Waals surface area contributed by atoms with Gasteiger partial charge in [-0.2, -0.15) is 0 Å². The second kappa shape index (κ2) is 6.05. The highest BCUT2D eigenvalue weighted by Crippen LogP contribution is 2.24. The smallest absolute Gasteiger partial charge is 0.318 e.